The Hall–Kier alpha value is -1.92. The summed E-state index contributed by atoms with van der Waals surface area (Å²) in [5.74, 6) is 0.492. The van der Waals surface area contributed by atoms with Gasteiger partial charge in [-0.25, -0.2) is 4.98 Å². The zero-order chi connectivity index (χ0) is 8.84. The normalized spacial score (nSPS) is 16.3. The van der Waals surface area contributed by atoms with Crippen LogP contribution in [0.5, 0.6) is 0 Å². The van der Waals surface area contributed by atoms with Gasteiger partial charge in [0.2, 0.25) is 11.3 Å². The zero-order valence-electron chi connectivity index (χ0n) is 6.61. The predicted octanol–water partition coefficient (Wildman–Crippen LogP) is -2.11. The van der Waals surface area contributed by atoms with Crippen molar-refractivity contribution in [1.82, 2.24) is 9.55 Å². The maximum Gasteiger partial charge on any atom is 0.223 e. The van der Waals surface area contributed by atoms with E-state index in [4.69, 9.17) is 5.41 Å². The van der Waals surface area contributed by atoms with Gasteiger partial charge >= 0.3 is 0 Å². The van der Waals surface area contributed by atoms with E-state index in [0.29, 0.717) is 23.3 Å². The Balaban J connectivity index is 2.57. The van der Waals surface area contributed by atoms with Gasteiger partial charge in [-0.3, -0.25) is 15.3 Å². The molecule has 7 heteroatoms. The van der Waals surface area contributed by atoms with Crippen molar-refractivity contribution in [2.24, 2.45) is 10.1 Å². The first-order valence-corrected chi connectivity index (χ1v) is 3.86. The number of aromatic nitrogens is 2. The van der Waals surface area contributed by atoms with E-state index in [1.807, 2.05) is 4.57 Å². The first-order chi connectivity index (χ1) is 6.36. The smallest absolute Gasteiger partial charge is 0.223 e. The molecule has 0 amide bonds. The summed E-state index contributed by atoms with van der Waals surface area (Å²) in [4.78, 5) is 12.8. The highest BCUT2D eigenvalue weighted by Crippen LogP contribution is 1.96. The summed E-state index contributed by atoms with van der Waals surface area (Å²) in [6.07, 6.45) is 0. The molecule has 0 spiro atoms. The molecule has 0 aromatic carbocycles. The molecule has 1 aromatic rings. The van der Waals surface area contributed by atoms with E-state index < -0.39 is 0 Å². The molecule has 0 fully saturated rings. The second-order valence-corrected chi connectivity index (χ2v) is 2.77. The van der Waals surface area contributed by atoms with E-state index in [0.717, 1.165) is 6.54 Å². The topological polar surface area (TPSA) is 87.7 Å². The highest BCUT2D eigenvalue weighted by molar-refractivity contribution is 5.28. The lowest BCUT2D eigenvalue weighted by molar-refractivity contribution is 0.210. The van der Waals surface area contributed by atoms with Crippen LogP contribution in [-0.2, 0) is 11.5 Å². The molecule has 3 rings (SSSR count). The lowest BCUT2D eigenvalue weighted by Gasteiger charge is -1.97. The van der Waals surface area contributed by atoms with Crippen molar-refractivity contribution in [2.45, 2.75) is 6.54 Å². The molecule has 0 unspecified atom stereocenters. The molecule has 13 heavy (non-hydrogen) atoms. The average Bonchev–Trinajstić information content (AvgIpc) is 2.66. The van der Waals surface area contributed by atoms with E-state index in [1.54, 1.807) is 0 Å². The van der Waals surface area contributed by atoms with Crippen molar-refractivity contribution in [3.8, 4) is 0 Å². The molecular formula is C6H6N6O. The van der Waals surface area contributed by atoms with E-state index in [2.05, 4.69) is 25.6 Å². The first-order valence-electron chi connectivity index (χ1n) is 3.86. The summed E-state index contributed by atoms with van der Waals surface area (Å²) in [7, 11) is 0. The van der Waals surface area contributed by atoms with Crippen LogP contribution in [0.25, 0.3) is 0 Å². The highest BCUT2D eigenvalue weighted by atomic mass is 16.8. The molecule has 0 bridgehead atoms. The summed E-state index contributed by atoms with van der Waals surface area (Å²) in [6.45, 7) is 1.42. The van der Waals surface area contributed by atoms with Gasteiger partial charge in [0, 0.05) is 6.54 Å². The van der Waals surface area contributed by atoms with Crippen LogP contribution < -0.4 is 21.9 Å². The number of fused-ring (bicyclic) bond motifs is 3. The fourth-order valence-electron chi connectivity index (χ4n) is 1.47. The van der Waals surface area contributed by atoms with Crippen LogP contribution in [0.4, 0.5) is 5.82 Å². The number of nitrogens with zero attached hydrogens (tertiary/aromatic N) is 4. The van der Waals surface area contributed by atoms with Gasteiger partial charge in [0.05, 0.1) is 6.54 Å². The quantitative estimate of drug-likeness (QED) is 0.476. The van der Waals surface area contributed by atoms with Gasteiger partial charge in [-0.15, -0.1) is 0 Å². The van der Waals surface area contributed by atoms with Crippen molar-refractivity contribution < 1.29 is 4.94 Å². The Morgan fingerprint density at radius 2 is 2.38 bits per heavy atom. The number of nitrogens with one attached hydrogen (secondary N) is 2. The molecule has 7 nitrogen and oxygen atoms in total. The third-order valence-electron chi connectivity index (χ3n) is 2.02. The molecule has 0 saturated carbocycles. The third kappa shape index (κ3) is 0.727. The fraction of sp³-hybridized carbons (Fsp3) is 0.333. The lowest BCUT2D eigenvalue weighted by atomic mass is 10.5. The number of rotatable bonds is 0. The number of hydrogen-bond acceptors (Lipinski definition) is 6. The minimum Gasteiger partial charge on any atom is -0.300 e. The summed E-state index contributed by atoms with van der Waals surface area (Å²) in [5, 5.41) is 11.3. The molecule has 0 radical (unpaired) electrons. The molecule has 1 aromatic heterocycles. The summed E-state index contributed by atoms with van der Waals surface area (Å²) < 4.78 is 1.82. The van der Waals surface area contributed by atoms with Crippen LogP contribution in [0.3, 0.4) is 0 Å². The average molecular weight is 178 g/mol. The van der Waals surface area contributed by atoms with Crippen molar-refractivity contribution in [2.75, 3.05) is 12.0 Å². The van der Waals surface area contributed by atoms with Crippen molar-refractivity contribution in [3.63, 3.8) is 0 Å². The van der Waals surface area contributed by atoms with Gasteiger partial charge in [0.25, 0.3) is 0 Å². The molecule has 0 saturated heterocycles. The molecule has 0 atom stereocenters. The molecule has 2 aliphatic rings. The van der Waals surface area contributed by atoms with Gasteiger partial charge in [0.1, 0.15) is 0 Å². The Morgan fingerprint density at radius 3 is 3.31 bits per heavy atom. The van der Waals surface area contributed by atoms with Crippen LogP contribution in [0.15, 0.2) is 10.1 Å². The first kappa shape index (κ1) is 6.58. The molecule has 66 valence electrons. The minimum atomic E-state index is 0.157. The summed E-state index contributed by atoms with van der Waals surface area (Å²) in [6, 6.07) is 0. The van der Waals surface area contributed by atoms with E-state index >= 15 is 0 Å². The summed E-state index contributed by atoms with van der Waals surface area (Å²) >= 11 is 0. The van der Waals surface area contributed by atoms with Crippen molar-refractivity contribution in [3.05, 3.63) is 16.5 Å². The predicted molar refractivity (Wildman–Crippen MR) is 40.0 cm³/mol. The lowest BCUT2D eigenvalue weighted by Crippen LogP contribution is -2.42. The van der Waals surface area contributed by atoms with Crippen LogP contribution in [0.1, 0.15) is 0 Å². The fourth-order valence-corrected chi connectivity index (χ4v) is 1.47. The summed E-state index contributed by atoms with van der Waals surface area (Å²) in [5.41, 5.74) is 3.86. The maximum atomic E-state index is 7.56. The van der Waals surface area contributed by atoms with E-state index in [1.165, 1.54) is 0 Å². The molecule has 3 heterocycles. The van der Waals surface area contributed by atoms with Crippen LogP contribution in [0, 0.1) is 5.41 Å². The van der Waals surface area contributed by atoms with E-state index in [-0.39, 0.29) is 5.49 Å². The van der Waals surface area contributed by atoms with Gasteiger partial charge in [-0.2, -0.15) is 5.48 Å². The number of hydrogen-bond donors (Lipinski definition) is 2. The number of anilines is 1. The Bertz CT molecular complexity index is 543. The van der Waals surface area contributed by atoms with Crippen LogP contribution >= 0.6 is 0 Å². The maximum absolute atomic E-state index is 7.56. The van der Waals surface area contributed by atoms with E-state index in [9.17, 15) is 0 Å². The molecule has 0 aliphatic carbocycles. The second kappa shape index (κ2) is 2.06. The largest absolute Gasteiger partial charge is 0.300 e. The van der Waals surface area contributed by atoms with Gasteiger partial charge in [0.15, 0.2) is 11.0 Å². The zero-order valence-corrected chi connectivity index (χ0v) is 6.61. The Kier molecular flexibility index (Phi) is 1.04. The molecule has 2 N–H and O–H groups in total. The van der Waals surface area contributed by atoms with Crippen molar-refractivity contribution in [1.29, 1.82) is 5.41 Å². The van der Waals surface area contributed by atoms with Crippen LogP contribution in [0.2, 0.25) is 0 Å². The van der Waals surface area contributed by atoms with Crippen molar-refractivity contribution >= 4 is 5.82 Å². The highest BCUT2D eigenvalue weighted by Gasteiger charge is 2.15. The molecule has 2 aliphatic heterocycles. The third-order valence-corrected chi connectivity index (χ3v) is 2.02. The Morgan fingerprint density at radius 1 is 1.46 bits per heavy atom. The van der Waals surface area contributed by atoms with Gasteiger partial charge < -0.3 is 4.57 Å². The second-order valence-electron chi connectivity index (χ2n) is 2.77. The molecular weight excluding hydrogens is 172 g/mol. The standard InChI is InChI=1S/C6H6N6O/c7-3-5-8-1-2-12(5)6-4(9-3)10-13-11-6/h1-2H2,(H2,7,9,10). The van der Waals surface area contributed by atoms with Crippen LogP contribution in [-0.4, -0.2) is 16.1 Å². The van der Waals surface area contributed by atoms with Gasteiger partial charge in [-0.1, -0.05) is 0 Å². The SMILES string of the molecule is N=c1nc2c(n3c1=NCC3)=NON2. The van der Waals surface area contributed by atoms with Gasteiger partial charge in [-0.05, 0) is 5.16 Å². The monoisotopic (exact) mass is 178 g/mol. The minimum absolute atomic E-state index is 0.157. The Labute approximate surface area is 71.8 Å².